The molecule has 0 heterocycles. The average Bonchev–Trinajstić information content (AvgIpc) is 2.43. The molecule has 370 valence electrons. The molecule has 0 aliphatic heterocycles. The van der Waals surface area contributed by atoms with E-state index >= 15 is 0 Å². The fourth-order valence-electron chi connectivity index (χ4n) is 15.0. The number of rotatable bonds is 7. The van der Waals surface area contributed by atoms with Crippen molar-refractivity contribution >= 4 is 29.2 Å². The molecule has 12 aromatic carbocycles. The van der Waals surface area contributed by atoms with Gasteiger partial charge in [0.1, 0.15) is 0 Å². The SMILES string of the molecule is Cc1ccc2c(c1)C(c1ccccc1)(c1ccccc1)c1cc3c(cc1-2)C1(c2cc4c(cc2C=C3)C(c2ccccc2)(c2ccccc2)c2cc(N(c3ccccc3)c3ccccc3)ccc2-4)c2ccccc2-c2ccccc21. The topological polar surface area (TPSA) is 3.24 Å². The summed E-state index contributed by atoms with van der Waals surface area (Å²) in [6.07, 6.45) is 4.92. The van der Waals surface area contributed by atoms with Crippen LogP contribution in [0.4, 0.5) is 17.1 Å². The predicted octanol–water partition coefficient (Wildman–Crippen LogP) is 19.0. The van der Waals surface area contributed by atoms with E-state index in [0.29, 0.717) is 0 Å². The van der Waals surface area contributed by atoms with E-state index in [-0.39, 0.29) is 0 Å². The maximum atomic E-state index is 2.63. The third-order valence-electron chi connectivity index (χ3n) is 18.1. The van der Waals surface area contributed by atoms with E-state index in [1.54, 1.807) is 0 Å². The molecule has 0 aromatic heterocycles. The molecule has 1 heteroatoms. The van der Waals surface area contributed by atoms with Crippen LogP contribution in [-0.2, 0) is 16.2 Å². The highest BCUT2D eigenvalue weighted by Crippen LogP contribution is 2.65. The second kappa shape index (κ2) is 17.3. The van der Waals surface area contributed by atoms with Crippen molar-refractivity contribution in [2.75, 3.05) is 4.90 Å². The van der Waals surface area contributed by atoms with Gasteiger partial charge in [-0.25, -0.2) is 0 Å². The maximum Gasteiger partial charge on any atom is 0.0725 e. The van der Waals surface area contributed by atoms with E-state index in [2.05, 4.69) is 315 Å². The number of hydrogen-bond acceptors (Lipinski definition) is 1. The molecule has 1 nitrogen and oxygen atoms in total. The quantitative estimate of drug-likeness (QED) is 0.154. The van der Waals surface area contributed by atoms with E-state index in [1.165, 1.54) is 117 Å². The highest BCUT2D eigenvalue weighted by atomic mass is 15.1. The van der Waals surface area contributed by atoms with Gasteiger partial charge in [-0.15, -0.1) is 0 Å². The van der Waals surface area contributed by atoms with Crippen LogP contribution in [0.5, 0.6) is 0 Å². The van der Waals surface area contributed by atoms with Crippen molar-refractivity contribution in [3.63, 3.8) is 0 Å². The van der Waals surface area contributed by atoms with E-state index < -0.39 is 16.2 Å². The van der Waals surface area contributed by atoms with Gasteiger partial charge in [-0.1, -0.05) is 248 Å². The summed E-state index contributed by atoms with van der Waals surface area (Å²) in [5.74, 6) is 0. The number of hydrogen-bond donors (Lipinski definition) is 0. The van der Waals surface area contributed by atoms with Gasteiger partial charge in [0.05, 0.1) is 16.2 Å². The van der Waals surface area contributed by atoms with Crippen molar-refractivity contribution in [1.29, 1.82) is 0 Å². The van der Waals surface area contributed by atoms with Gasteiger partial charge in [-0.3, -0.25) is 0 Å². The summed E-state index contributed by atoms with van der Waals surface area (Å²) in [5.41, 5.74) is 28.2. The lowest BCUT2D eigenvalue weighted by Crippen LogP contribution is -2.32. The Morgan fingerprint density at radius 3 is 1.00 bits per heavy atom. The maximum absolute atomic E-state index is 2.63. The summed E-state index contributed by atoms with van der Waals surface area (Å²) in [5, 5.41) is 0. The average molecular weight is 1000 g/mol. The Labute approximate surface area is 462 Å². The number of fused-ring (bicyclic) bond motifs is 15. The molecule has 0 saturated heterocycles. The van der Waals surface area contributed by atoms with E-state index in [0.717, 1.165) is 17.1 Å². The number of aryl methyl sites for hydroxylation is 1. The first kappa shape index (κ1) is 45.4. The van der Waals surface area contributed by atoms with Crippen LogP contribution in [0.25, 0.3) is 45.5 Å². The molecule has 0 amide bonds. The summed E-state index contributed by atoms with van der Waals surface area (Å²) in [6, 6.07) is 110. The first-order chi connectivity index (χ1) is 39.1. The van der Waals surface area contributed by atoms with Crippen LogP contribution >= 0.6 is 0 Å². The van der Waals surface area contributed by atoms with Gasteiger partial charge in [-0.05, 0) is 179 Å². The van der Waals surface area contributed by atoms with Crippen LogP contribution in [0.1, 0.15) is 83.5 Å². The molecule has 12 aromatic rings. The van der Waals surface area contributed by atoms with Crippen LogP contribution in [-0.4, -0.2) is 0 Å². The minimum absolute atomic E-state index is 0.550. The van der Waals surface area contributed by atoms with E-state index in [1.807, 2.05) is 0 Å². The van der Waals surface area contributed by atoms with Crippen molar-refractivity contribution in [3.8, 4) is 33.4 Å². The summed E-state index contributed by atoms with van der Waals surface area (Å²) >= 11 is 0. The summed E-state index contributed by atoms with van der Waals surface area (Å²) in [4.78, 5) is 2.41. The molecule has 0 radical (unpaired) electrons. The standard InChI is InChI=1S/C78H53N/c1-52-40-44-64-66-50-70-53(47-73(66)76(72(64)46-52,55-24-8-2-9-25-55)56-26-10-3-11-27-56)41-42-54-48-74-67(51-71(54)78(70)68-38-22-20-36-62(68)63-37-21-23-39-69(63)78)65-45-43-61(79(59-32-16-6-17-33-59)60-34-18-7-19-35-60)49-75(65)77(74,57-28-12-4-13-29-57)58-30-14-5-15-31-58/h2-51H,1H3. The molecule has 0 saturated carbocycles. The first-order valence-electron chi connectivity index (χ1n) is 27.7. The molecular formula is C78H53N. The Kier molecular flexibility index (Phi) is 9.97. The van der Waals surface area contributed by atoms with Crippen LogP contribution in [0.15, 0.2) is 291 Å². The van der Waals surface area contributed by atoms with E-state index in [9.17, 15) is 0 Å². The van der Waals surface area contributed by atoms with Crippen molar-refractivity contribution in [2.24, 2.45) is 0 Å². The fourth-order valence-corrected chi connectivity index (χ4v) is 15.0. The van der Waals surface area contributed by atoms with Crippen LogP contribution in [0.3, 0.4) is 0 Å². The lowest BCUT2D eigenvalue weighted by Gasteiger charge is -2.38. The molecule has 0 unspecified atom stereocenters. The van der Waals surface area contributed by atoms with Crippen molar-refractivity contribution < 1.29 is 0 Å². The highest BCUT2D eigenvalue weighted by molar-refractivity contribution is 5.98. The fraction of sp³-hybridized carbons (Fsp3) is 0.0513. The van der Waals surface area contributed by atoms with Gasteiger partial charge in [0.15, 0.2) is 0 Å². The Hall–Kier alpha value is -9.82. The molecule has 4 aliphatic rings. The minimum atomic E-state index is -0.691. The molecule has 0 bridgehead atoms. The molecule has 0 N–H and O–H groups in total. The highest BCUT2D eigenvalue weighted by Gasteiger charge is 2.54. The van der Waals surface area contributed by atoms with Gasteiger partial charge in [0, 0.05) is 17.1 Å². The zero-order chi connectivity index (χ0) is 52.3. The Morgan fingerprint density at radius 1 is 0.228 bits per heavy atom. The minimum Gasteiger partial charge on any atom is -0.310 e. The number of nitrogens with zero attached hydrogens (tertiary/aromatic N) is 1. The Bertz CT molecular complexity index is 4240. The summed E-state index contributed by atoms with van der Waals surface area (Å²) in [6.45, 7) is 2.24. The predicted molar refractivity (Wildman–Crippen MR) is 327 cm³/mol. The van der Waals surface area contributed by atoms with Crippen LogP contribution < -0.4 is 4.90 Å². The molecule has 16 rings (SSSR count). The number of benzene rings is 12. The summed E-state index contributed by atoms with van der Waals surface area (Å²) in [7, 11) is 0. The molecule has 0 fully saturated rings. The monoisotopic (exact) mass is 1000 g/mol. The third-order valence-corrected chi connectivity index (χ3v) is 18.1. The smallest absolute Gasteiger partial charge is 0.0725 e. The molecule has 79 heavy (non-hydrogen) atoms. The molecule has 4 aliphatic carbocycles. The lowest BCUT2D eigenvalue weighted by molar-refractivity contribution is 0.747. The van der Waals surface area contributed by atoms with Gasteiger partial charge >= 0.3 is 0 Å². The zero-order valence-corrected chi connectivity index (χ0v) is 43.8. The Morgan fingerprint density at radius 2 is 0.570 bits per heavy atom. The largest absolute Gasteiger partial charge is 0.310 e. The lowest BCUT2D eigenvalue weighted by atomic mass is 9.63. The van der Waals surface area contributed by atoms with Gasteiger partial charge in [-0.2, -0.15) is 0 Å². The van der Waals surface area contributed by atoms with Crippen molar-refractivity contribution in [3.05, 3.63) is 375 Å². The second-order valence-corrected chi connectivity index (χ2v) is 21.9. The van der Waals surface area contributed by atoms with Crippen LogP contribution in [0.2, 0.25) is 0 Å². The second-order valence-electron chi connectivity index (χ2n) is 21.9. The van der Waals surface area contributed by atoms with E-state index in [4.69, 9.17) is 0 Å². The zero-order valence-electron chi connectivity index (χ0n) is 43.8. The molecule has 1 spiro atoms. The van der Waals surface area contributed by atoms with Crippen molar-refractivity contribution in [1.82, 2.24) is 0 Å². The first-order valence-corrected chi connectivity index (χ1v) is 27.7. The normalized spacial score (nSPS) is 14.6. The molecule has 0 atom stereocenters. The third kappa shape index (κ3) is 6.22. The van der Waals surface area contributed by atoms with Crippen molar-refractivity contribution in [2.45, 2.75) is 23.2 Å². The Balaban J connectivity index is 1.03. The number of para-hydroxylation sites is 2. The van der Waals surface area contributed by atoms with Gasteiger partial charge < -0.3 is 4.90 Å². The summed E-state index contributed by atoms with van der Waals surface area (Å²) < 4.78 is 0. The van der Waals surface area contributed by atoms with Crippen LogP contribution in [0, 0.1) is 6.92 Å². The van der Waals surface area contributed by atoms with Gasteiger partial charge in [0.2, 0.25) is 0 Å². The molecular weight excluding hydrogens is 951 g/mol. The van der Waals surface area contributed by atoms with Gasteiger partial charge in [0.25, 0.3) is 0 Å². The number of anilines is 3.